The molecule has 0 saturated heterocycles. The number of hydrogen-bond acceptors (Lipinski definition) is 2. The minimum atomic E-state index is -0.813. The third-order valence-corrected chi connectivity index (χ3v) is 3.75. The Kier molecular flexibility index (Phi) is 6.92. The fourth-order valence-electron chi connectivity index (χ4n) is 2.36. The monoisotopic (exact) mass is 291 g/mol. The highest BCUT2D eigenvalue weighted by atomic mass is 16.4. The van der Waals surface area contributed by atoms with E-state index in [2.05, 4.69) is 26.1 Å². The van der Waals surface area contributed by atoms with Crippen molar-refractivity contribution in [2.75, 3.05) is 5.32 Å². The summed E-state index contributed by atoms with van der Waals surface area (Å²) in [7, 11) is 0. The Morgan fingerprint density at radius 1 is 1.29 bits per heavy atom. The van der Waals surface area contributed by atoms with Gasteiger partial charge in [-0.05, 0) is 36.0 Å². The van der Waals surface area contributed by atoms with Crippen LogP contribution in [0.2, 0.25) is 0 Å². The second kappa shape index (κ2) is 8.45. The minimum absolute atomic E-state index is 0.0194. The van der Waals surface area contributed by atoms with Crippen LogP contribution in [0.25, 0.3) is 0 Å². The van der Waals surface area contributed by atoms with Crippen molar-refractivity contribution in [3.8, 4) is 0 Å². The molecule has 0 fully saturated rings. The third kappa shape index (κ3) is 6.43. The first-order valence-electron chi connectivity index (χ1n) is 7.53. The van der Waals surface area contributed by atoms with Crippen LogP contribution in [0.5, 0.6) is 0 Å². The number of amides is 1. The van der Waals surface area contributed by atoms with Crippen molar-refractivity contribution < 1.29 is 14.7 Å². The smallest absolute Gasteiger partial charge is 0.303 e. The van der Waals surface area contributed by atoms with Gasteiger partial charge in [-0.1, -0.05) is 39.3 Å². The van der Waals surface area contributed by atoms with E-state index < -0.39 is 5.97 Å². The van der Waals surface area contributed by atoms with Gasteiger partial charge in [-0.15, -0.1) is 0 Å². The Bertz CT molecular complexity index is 483. The van der Waals surface area contributed by atoms with Crippen LogP contribution in [0.1, 0.15) is 45.6 Å². The fourth-order valence-corrected chi connectivity index (χ4v) is 2.36. The standard InChI is InChI=1S/C17H25NO3/c1-4-14(12(2)3)11-16(19)18-15-7-5-6-13(10-15)8-9-17(20)21/h5-7,10,12,14H,4,8-9,11H2,1-3H3,(H,18,19)(H,20,21). The Balaban J connectivity index is 2.59. The van der Waals surface area contributed by atoms with E-state index in [1.54, 1.807) is 0 Å². The summed E-state index contributed by atoms with van der Waals surface area (Å²) in [5.74, 6) is 0.0842. The number of carboxylic acids is 1. The van der Waals surface area contributed by atoms with Gasteiger partial charge in [0.1, 0.15) is 0 Å². The second-order valence-electron chi connectivity index (χ2n) is 5.76. The summed E-state index contributed by atoms with van der Waals surface area (Å²) in [4.78, 5) is 22.6. The molecular weight excluding hydrogens is 266 g/mol. The molecule has 0 saturated carbocycles. The van der Waals surface area contributed by atoms with Crippen molar-refractivity contribution in [1.29, 1.82) is 0 Å². The predicted octanol–water partition coefficient (Wildman–Crippen LogP) is 3.71. The number of benzene rings is 1. The highest BCUT2D eigenvalue weighted by Crippen LogP contribution is 2.20. The summed E-state index contributed by atoms with van der Waals surface area (Å²) in [5, 5.41) is 11.6. The number of hydrogen-bond donors (Lipinski definition) is 2. The molecule has 2 N–H and O–H groups in total. The van der Waals surface area contributed by atoms with Gasteiger partial charge in [-0.2, -0.15) is 0 Å². The molecule has 1 rings (SSSR count). The topological polar surface area (TPSA) is 66.4 Å². The molecule has 1 amide bonds. The fraction of sp³-hybridized carbons (Fsp3) is 0.529. The van der Waals surface area contributed by atoms with E-state index in [1.165, 1.54) is 0 Å². The quantitative estimate of drug-likeness (QED) is 0.767. The predicted molar refractivity (Wildman–Crippen MR) is 84.3 cm³/mol. The number of anilines is 1. The van der Waals surface area contributed by atoms with E-state index in [0.717, 1.165) is 17.7 Å². The van der Waals surface area contributed by atoms with E-state index in [9.17, 15) is 9.59 Å². The number of aryl methyl sites for hydroxylation is 1. The maximum Gasteiger partial charge on any atom is 0.303 e. The largest absolute Gasteiger partial charge is 0.481 e. The summed E-state index contributed by atoms with van der Waals surface area (Å²) in [5.41, 5.74) is 1.66. The first-order chi connectivity index (χ1) is 9.92. The molecule has 1 unspecified atom stereocenters. The molecule has 0 bridgehead atoms. The van der Waals surface area contributed by atoms with Gasteiger partial charge in [0, 0.05) is 18.5 Å². The van der Waals surface area contributed by atoms with Crippen LogP contribution in [0.4, 0.5) is 5.69 Å². The van der Waals surface area contributed by atoms with Crippen LogP contribution in [-0.4, -0.2) is 17.0 Å². The zero-order chi connectivity index (χ0) is 15.8. The number of carbonyl (C=O) groups excluding carboxylic acids is 1. The minimum Gasteiger partial charge on any atom is -0.481 e. The number of rotatable bonds is 8. The lowest BCUT2D eigenvalue weighted by atomic mass is 9.90. The van der Waals surface area contributed by atoms with Gasteiger partial charge in [0.2, 0.25) is 5.91 Å². The first kappa shape index (κ1) is 17.2. The molecule has 0 spiro atoms. The molecule has 4 heteroatoms. The van der Waals surface area contributed by atoms with Crippen LogP contribution in [0, 0.1) is 11.8 Å². The van der Waals surface area contributed by atoms with Crippen molar-refractivity contribution in [3.05, 3.63) is 29.8 Å². The summed E-state index contributed by atoms with van der Waals surface area (Å²) < 4.78 is 0. The number of aliphatic carboxylic acids is 1. The summed E-state index contributed by atoms with van der Waals surface area (Å²) >= 11 is 0. The van der Waals surface area contributed by atoms with E-state index in [1.807, 2.05) is 24.3 Å². The van der Waals surface area contributed by atoms with Crippen LogP contribution >= 0.6 is 0 Å². The molecule has 0 aliphatic carbocycles. The maximum atomic E-state index is 12.1. The molecule has 0 radical (unpaired) electrons. The average molecular weight is 291 g/mol. The number of carbonyl (C=O) groups is 2. The van der Waals surface area contributed by atoms with E-state index in [-0.39, 0.29) is 12.3 Å². The summed E-state index contributed by atoms with van der Waals surface area (Å²) in [6.45, 7) is 6.37. The molecule has 1 aromatic carbocycles. The SMILES string of the molecule is CCC(CC(=O)Nc1cccc(CCC(=O)O)c1)C(C)C. The van der Waals surface area contributed by atoms with Gasteiger partial charge in [-0.25, -0.2) is 0 Å². The zero-order valence-electron chi connectivity index (χ0n) is 13.1. The van der Waals surface area contributed by atoms with Gasteiger partial charge in [0.25, 0.3) is 0 Å². The van der Waals surface area contributed by atoms with Gasteiger partial charge in [0.05, 0.1) is 0 Å². The molecule has 116 valence electrons. The molecule has 0 heterocycles. The molecule has 1 aromatic rings. The lowest BCUT2D eigenvalue weighted by Gasteiger charge is -2.18. The highest BCUT2D eigenvalue weighted by Gasteiger charge is 2.15. The molecule has 21 heavy (non-hydrogen) atoms. The molecule has 0 aliphatic heterocycles. The van der Waals surface area contributed by atoms with Crippen LogP contribution < -0.4 is 5.32 Å². The van der Waals surface area contributed by atoms with E-state index in [4.69, 9.17) is 5.11 Å². The van der Waals surface area contributed by atoms with Crippen LogP contribution in [-0.2, 0) is 16.0 Å². The first-order valence-corrected chi connectivity index (χ1v) is 7.53. The molecule has 1 atom stereocenters. The lowest BCUT2D eigenvalue weighted by Crippen LogP contribution is -2.19. The van der Waals surface area contributed by atoms with Gasteiger partial charge < -0.3 is 10.4 Å². The van der Waals surface area contributed by atoms with Gasteiger partial charge >= 0.3 is 5.97 Å². The Labute approximate surface area is 126 Å². The van der Waals surface area contributed by atoms with E-state index >= 15 is 0 Å². The molecular formula is C17H25NO3. The van der Waals surface area contributed by atoms with E-state index in [0.29, 0.717) is 24.7 Å². The lowest BCUT2D eigenvalue weighted by molar-refractivity contribution is -0.137. The molecule has 0 aliphatic rings. The van der Waals surface area contributed by atoms with Crippen molar-refractivity contribution in [2.24, 2.45) is 11.8 Å². The van der Waals surface area contributed by atoms with Crippen LogP contribution in [0.3, 0.4) is 0 Å². The van der Waals surface area contributed by atoms with Crippen molar-refractivity contribution in [2.45, 2.75) is 46.5 Å². The Hall–Kier alpha value is -1.84. The maximum absolute atomic E-state index is 12.1. The second-order valence-corrected chi connectivity index (χ2v) is 5.76. The number of carboxylic acid groups (broad SMARTS) is 1. The average Bonchev–Trinajstić information content (AvgIpc) is 2.42. The van der Waals surface area contributed by atoms with Gasteiger partial charge in [0.15, 0.2) is 0 Å². The third-order valence-electron chi connectivity index (χ3n) is 3.75. The summed E-state index contributed by atoms with van der Waals surface area (Å²) in [6, 6.07) is 7.39. The number of nitrogens with one attached hydrogen (secondary N) is 1. The Morgan fingerprint density at radius 3 is 2.57 bits per heavy atom. The molecule has 0 aromatic heterocycles. The van der Waals surface area contributed by atoms with Crippen molar-refractivity contribution >= 4 is 17.6 Å². The van der Waals surface area contributed by atoms with Gasteiger partial charge in [-0.3, -0.25) is 9.59 Å². The molecule has 4 nitrogen and oxygen atoms in total. The van der Waals surface area contributed by atoms with Crippen molar-refractivity contribution in [1.82, 2.24) is 0 Å². The normalized spacial score (nSPS) is 12.2. The van der Waals surface area contributed by atoms with Crippen molar-refractivity contribution in [3.63, 3.8) is 0 Å². The van der Waals surface area contributed by atoms with Crippen LogP contribution in [0.15, 0.2) is 24.3 Å². The summed E-state index contributed by atoms with van der Waals surface area (Å²) in [6.07, 6.45) is 2.09. The highest BCUT2D eigenvalue weighted by molar-refractivity contribution is 5.90. The Morgan fingerprint density at radius 2 is 2.00 bits per heavy atom. The zero-order valence-corrected chi connectivity index (χ0v) is 13.1.